The molecule has 0 amide bonds. The molecule has 90 valence electrons. The third kappa shape index (κ3) is 2.58. The van der Waals surface area contributed by atoms with Crippen LogP contribution in [0, 0.1) is 0 Å². The molecule has 2 rings (SSSR count). The first kappa shape index (κ1) is 11.9. The second kappa shape index (κ2) is 5.19. The Kier molecular flexibility index (Phi) is 3.64. The van der Waals surface area contributed by atoms with E-state index < -0.39 is 0 Å². The summed E-state index contributed by atoms with van der Waals surface area (Å²) in [4.78, 5) is 11.8. The zero-order valence-corrected chi connectivity index (χ0v) is 10.7. The van der Waals surface area contributed by atoms with E-state index in [1.54, 1.807) is 18.4 Å². The van der Waals surface area contributed by atoms with Crippen LogP contribution >= 0.6 is 11.3 Å². The number of thiophene rings is 1. The number of hydrogen-bond donors (Lipinski definition) is 0. The molecule has 0 spiro atoms. The number of fused-ring (bicyclic) bond motifs is 1. The topological polar surface area (TPSA) is 35.5 Å². The first-order valence-electron chi connectivity index (χ1n) is 5.40. The predicted molar refractivity (Wildman–Crippen MR) is 68.7 cm³/mol. The van der Waals surface area contributed by atoms with Crippen LogP contribution in [0.15, 0.2) is 24.3 Å². The monoisotopic (exact) mass is 250 g/mol. The van der Waals surface area contributed by atoms with Gasteiger partial charge in [0.05, 0.1) is 18.6 Å². The van der Waals surface area contributed by atoms with Crippen LogP contribution < -0.4 is 4.74 Å². The molecule has 0 unspecified atom stereocenters. The van der Waals surface area contributed by atoms with Crippen molar-refractivity contribution in [2.75, 3.05) is 13.7 Å². The van der Waals surface area contributed by atoms with E-state index in [1.807, 2.05) is 18.2 Å². The zero-order valence-electron chi connectivity index (χ0n) is 9.86. The molecule has 0 saturated heterocycles. The summed E-state index contributed by atoms with van der Waals surface area (Å²) in [6.45, 7) is 1.82. The van der Waals surface area contributed by atoms with Crippen LogP contribution in [0.1, 0.15) is 11.8 Å². The highest BCUT2D eigenvalue weighted by molar-refractivity contribution is 7.19. The quantitative estimate of drug-likeness (QED) is 0.782. The van der Waals surface area contributed by atoms with Gasteiger partial charge in [-0.3, -0.25) is 4.79 Å². The summed E-state index contributed by atoms with van der Waals surface area (Å²) in [7, 11) is 1.67. The zero-order chi connectivity index (χ0) is 12.3. The fourth-order valence-corrected chi connectivity index (χ4v) is 2.90. The number of ether oxygens (including phenoxy) is 2. The predicted octanol–water partition coefficient (Wildman–Crippen LogP) is 3.02. The number of methoxy groups -OCH3 is 1. The smallest absolute Gasteiger partial charge is 0.302 e. The Morgan fingerprint density at radius 3 is 2.82 bits per heavy atom. The van der Waals surface area contributed by atoms with Crippen molar-refractivity contribution in [1.29, 1.82) is 0 Å². The Labute approximate surface area is 104 Å². The van der Waals surface area contributed by atoms with Gasteiger partial charge in [-0.05, 0) is 12.1 Å². The largest absolute Gasteiger partial charge is 0.495 e. The lowest BCUT2D eigenvalue weighted by atomic mass is 10.2. The van der Waals surface area contributed by atoms with E-state index in [2.05, 4.69) is 6.07 Å². The molecule has 1 aromatic heterocycles. The Morgan fingerprint density at radius 1 is 1.35 bits per heavy atom. The molecular weight excluding hydrogens is 236 g/mol. The molecule has 0 aliphatic rings. The van der Waals surface area contributed by atoms with Crippen LogP contribution in [0.3, 0.4) is 0 Å². The first-order chi connectivity index (χ1) is 8.22. The van der Waals surface area contributed by atoms with Gasteiger partial charge in [0.25, 0.3) is 0 Å². The second-order valence-corrected chi connectivity index (χ2v) is 4.78. The number of carbonyl (C=O) groups is 1. The summed E-state index contributed by atoms with van der Waals surface area (Å²) in [5.74, 6) is 0.655. The van der Waals surface area contributed by atoms with E-state index >= 15 is 0 Å². The van der Waals surface area contributed by atoms with Crippen molar-refractivity contribution >= 4 is 27.4 Å². The van der Waals surface area contributed by atoms with E-state index in [9.17, 15) is 4.79 Å². The third-order valence-corrected chi connectivity index (χ3v) is 3.67. The number of esters is 1. The Balaban J connectivity index is 2.24. The number of benzene rings is 1. The van der Waals surface area contributed by atoms with Crippen molar-refractivity contribution in [3.8, 4) is 5.75 Å². The van der Waals surface area contributed by atoms with Gasteiger partial charge in [-0.15, -0.1) is 11.3 Å². The van der Waals surface area contributed by atoms with Gasteiger partial charge in [0.15, 0.2) is 0 Å². The maximum absolute atomic E-state index is 10.7. The molecule has 0 aliphatic heterocycles. The van der Waals surface area contributed by atoms with Crippen molar-refractivity contribution in [2.24, 2.45) is 0 Å². The summed E-state index contributed by atoms with van der Waals surface area (Å²) >= 11 is 1.68. The van der Waals surface area contributed by atoms with Crippen LogP contribution in [0.2, 0.25) is 0 Å². The molecule has 3 nitrogen and oxygen atoms in total. The Bertz CT molecular complexity index is 530. The third-order valence-electron chi connectivity index (χ3n) is 2.46. The molecule has 2 aromatic rings. The minimum absolute atomic E-state index is 0.245. The molecule has 0 saturated carbocycles. The van der Waals surface area contributed by atoms with E-state index in [1.165, 1.54) is 11.6 Å². The summed E-state index contributed by atoms with van der Waals surface area (Å²) in [6.07, 6.45) is 0.697. The molecule has 0 aliphatic carbocycles. The van der Waals surface area contributed by atoms with Gasteiger partial charge in [0, 0.05) is 23.4 Å². The highest BCUT2D eigenvalue weighted by atomic mass is 32.1. The average molecular weight is 250 g/mol. The van der Waals surface area contributed by atoms with Gasteiger partial charge < -0.3 is 9.47 Å². The van der Waals surface area contributed by atoms with Crippen molar-refractivity contribution in [1.82, 2.24) is 0 Å². The van der Waals surface area contributed by atoms with Gasteiger partial charge in [-0.25, -0.2) is 0 Å². The van der Waals surface area contributed by atoms with Gasteiger partial charge in [-0.2, -0.15) is 0 Å². The summed E-state index contributed by atoms with van der Waals surface area (Å²) in [5.41, 5.74) is 0. The van der Waals surface area contributed by atoms with Crippen LogP contribution in [0.25, 0.3) is 10.1 Å². The number of hydrogen-bond acceptors (Lipinski definition) is 4. The van der Waals surface area contributed by atoms with Gasteiger partial charge in [0.1, 0.15) is 5.75 Å². The summed E-state index contributed by atoms with van der Waals surface area (Å²) in [6, 6.07) is 8.11. The van der Waals surface area contributed by atoms with E-state index in [0.29, 0.717) is 13.0 Å². The minimum Gasteiger partial charge on any atom is -0.495 e. The highest BCUT2D eigenvalue weighted by Gasteiger charge is 2.12. The maximum Gasteiger partial charge on any atom is 0.302 e. The van der Waals surface area contributed by atoms with E-state index in [0.717, 1.165) is 16.0 Å². The molecule has 17 heavy (non-hydrogen) atoms. The number of carbonyl (C=O) groups excluding carboxylic acids is 1. The van der Waals surface area contributed by atoms with Crippen LogP contribution in [0.5, 0.6) is 5.75 Å². The Hall–Kier alpha value is -1.55. The molecule has 0 bridgehead atoms. The van der Waals surface area contributed by atoms with Gasteiger partial charge in [0.2, 0.25) is 0 Å². The van der Waals surface area contributed by atoms with Crippen LogP contribution in [0.4, 0.5) is 0 Å². The first-order valence-corrected chi connectivity index (χ1v) is 6.21. The molecular formula is C13H14O3S. The Morgan fingerprint density at radius 2 is 2.12 bits per heavy atom. The van der Waals surface area contributed by atoms with Crippen LogP contribution in [-0.2, 0) is 16.0 Å². The fraction of sp³-hybridized carbons (Fsp3) is 0.308. The molecule has 1 aromatic carbocycles. The molecule has 0 radical (unpaired) electrons. The lowest BCUT2D eigenvalue weighted by molar-refractivity contribution is -0.140. The molecule has 4 heteroatoms. The fourth-order valence-electron chi connectivity index (χ4n) is 1.75. The normalized spacial score (nSPS) is 10.5. The van der Waals surface area contributed by atoms with E-state index in [-0.39, 0.29) is 5.97 Å². The van der Waals surface area contributed by atoms with Gasteiger partial charge in [-0.1, -0.05) is 12.1 Å². The van der Waals surface area contributed by atoms with Crippen molar-refractivity contribution < 1.29 is 14.3 Å². The molecule has 0 fully saturated rings. The maximum atomic E-state index is 10.7. The van der Waals surface area contributed by atoms with Gasteiger partial charge >= 0.3 is 5.97 Å². The lowest BCUT2D eigenvalue weighted by Gasteiger charge is -2.03. The lowest BCUT2D eigenvalue weighted by Crippen LogP contribution is -2.02. The van der Waals surface area contributed by atoms with Crippen molar-refractivity contribution in [3.63, 3.8) is 0 Å². The molecule has 0 atom stereocenters. The highest BCUT2D eigenvalue weighted by Crippen LogP contribution is 2.37. The minimum atomic E-state index is -0.245. The van der Waals surface area contributed by atoms with Crippen molar-refractivity contribution in [3.05, 3.63) is 29.1 Å². The van der Waals surface area contributed by atoms with E-state index in [4.69, 9.17) is 9.47 Å². The van der Waals surface area contributed by atoms with Crippen LogP contribution in [-0.4, -0.2) is 19.7 Å². The molecule has 0 N–H and O–H groups in total. The number of rotatable bonds is 4. The SMILES string of the molecule is COc1c(CCOC(C)=O)sc2ccccc12. The second-order valence-electron chi connectivity index (χ2n) is 3.64. The molecule has 1 heterocycles. The standard InChI is InChI=1S/C13H14O3S/c1-9(14)16-8-7-12-13(15-2)10-5-3-4-6-11(10)17-12/h3-6H,7-8H2,1-2H3. The summed E-state index contributed by atoms with van der Waals surface area (Å²) in [5, 5.41) is 1.12. The van der Waals surface area contributed by atoms with Crippen molar-refractivity contribution in [2.45, 2.75) is 13.3 Å². The average Bonchev–Trinajstić information content (AvgIpc) is 2.66. The summed E-state index contributed by atoms with van der Waals surface area (Å²) < 4.78 is 11.6.